The third-order valence-electron chi connectivity index (χ3n) is 3.74. The summed E-state index contributed by atoms with van der Waals surface area (Å²) < 4.78 is 32.4. The van der Waals surface area contributed by atoms with Gasteiger partial charge in [-0.3, -0.25) is 9.82 Å². The van der Waals surface area contributed by atoms with Crippen LogP contribution in [0.1, 0.15) is 55.6 Å². The molecule has 0 saturated heterocycles. The molecule has 1 heterocycles. The maximum atomic E-state index is 12.5. The third-order valence-corrected chi connectivity index (χ3v) is 5.10. The van der Waals surface area contributed by atoms with Crippen molar-refractivity contribution in [2.75, 3.05) is 11.3 Å². The number of rotatable bonds is 8. The number of H-pyrrole nitrogens is 1. The molecule has 8 heteroatoms. The summed E-state index contributed by atoms with van der Waals surface area (Å²) in [5, 5.41) is 6.87. The molecule has 136 valence electrons. The minimum absolute atomic E-state index is 0.0239. The van der Waals surface area contributed by atoms with Crippen LogP contribution in [0.3, 0.4) is 0 Å². The summed E-state index contributed by atoms with van der Waals surface area (Å²) in [4.78, 5) is 11.7. The van der Waals surface area contributed by atoms with Crippen molar-refractivity contribution in [3.8, 4) is 0 Å². The molecule has 0 bridgehead atoms. The van der Waals surface area contributed by atoms with Gasteiger partial charge < -0.3 is 4.74 Å². The monoisotopic (exact) mass is 365 g/mol. The molecule has 1 aromatic heterocycles. The van der Waals surface area contributed by atoms with Gasteiger partial charge in [-0.1, -0.05) is 26.3 Å². The topological polar surface area (TPSA) is 101 Å². The molecule has 0 aliphatic carbocycles. The average Bonchev–Trinajstić information content (AvgIpc) is 3.03. The SMILES string of the molecule is CCCC(C)c1cc(NS(=O)(=O)c2cccc(C(=O)OCC)c2)n[nH]1. The van der Waals surface area contributed by atoms with E-state index >= 15 is 0 Å². The van der Waals surface area contributed by atoms with Crippen molar-refractivity contribution in [3.63, 3.8) is 0 Å². The number of sulfonamides is 1. The molecule has 0 fully saturated rings. The highest BCUT2D eigenvalue weighted by Crippen LogP contribution is 2.22. The second-order valence-electron chi connectivity index (χ2n) is 5.75. The first-order chi connectivity index (χ1) is 11.9. The van der Waals surface area contributed by atoms with E-state index in [1.165, 1.54) is 24.3 Å². The first-order valence-corrected chi connectivity index (χ1v) is 9.71. The molecule has 1 aromatic carbocycles. The number of carbonyl (C=O) groups excluding carboxylic acids is 1. The van der Waals surface area contributed by atoms with Gasteiger partial charge in [-0.15, -0.1) is 0 Å². The van der Waals surface area contributed by atoms with Crippen LogP contribution < -0.4 is 4.72 Å². The van der Waals surface area contributed by atoms with Crippen LogP contribution in [0.25, 0.3) is 0 Å². The van der Waals surface area contributed by atoms with E-state index in [9.17, 15) is 13.2 Å². The largest absolute Gasteiger partial charge is 0.462 e. The van der Waals surface area contributed by atoms with Crippen LogP contribution in [0.5, 0.6) is 0 Å². The number of anilines is 1. The van der Waals surface area contributed by atoms with E-state index in [0.29, 0.717) is 0 Å². The lowest BCUT2D eigenvalue weighted by Gasteiger charge is -2.07. The smallest absolute Gasteiger partial charge is 0.338 e. The number of aromatic amines is 1. The predicted molar refractivity (Wildman–Crippen MR) is 95.1 cm³/mol. The molecule has 2 N–H and O–H groups in total. The van der Waals surface area contributed by atoms with Gasteiger partial charge in [0.25, 0.3) is 10.0 Å². The van der Waals surface area contributed by atoms with Crippen molar-refractivity contribution >= 4 is 21.8 Å². The summed E-state index contributed by atoms with van der Waals surface area (Å²) in [5.74, 6) is -0.0719. The molecule has 0 radical (unpaired) electrons. The molecule has 0 spiro atoms. The van der Waals surface area contributed by atoms with Crippen molar-refractivity contribution in [2.45, 2.75) is 44.4 Å². The second kappa shape index (κ2) is 8.15. The summed E-state index contributed by atoms with van der Waals surface area (Å²) in [7, 11) is -3.85. The zero-order valence-corrected chi connectivity index (χ0v) is 15.4. The van der Waals surface area contributed by atoms with Crippen LogP contribution in [0.4, 0.5) is 5.82 Å². The van der Waals surface area contributed by atoms with Crippen LogP contribution in [0, 0.1) is 0 Å². The van der Waals surface area contributed by atoms with E-state index in [2.05, 4.69) is 28.8 Å². The fraction of sp³-hybridized carbons (Fsp3) is 0.412. The highest BCUT2D eigenvalue weighted by molar-refractivity contribution is 7.92. The molecule has 2 rings (SSSR count). The number of aromatic nitrogens is 2. The standard InChI is InChI=1S/C17H23N3O4S/c1-4-7-12(3)15-11-16(19-18-15)20-25(22,23)14-9-6-8-13(10-14)17(21)24-5-2/h6,8-12H,4-5,7H2,1-3H3,(H2,18,19,20). The molecule has 7 nitrogen and oxygen atoms in total. The summed E-state index contributed by atoms with van der Waals surface area (Å²) in [6.07, 6.45) is 2.01. The number of benzene rings is 1. The molecule has 0 aliphatic rings. The van der Waals surface area contributed by atoms with Gasteiger partial charge in [0.15, 0.2) is 5.82 Å². The van der Waals surface area contributed by atoms with Gasteiger partial charge in [0, 0.05) is 11.8 Å². The van der Waals surface area contributed by atoms with Gasteiger partial charge in [0.05, 0.1) is 17.1 Å². The van der Waals surface area contributed by atoms with Gasteiger partial charge in [0.1, 0.15) is 0 Å². The Kier molecular flexibility index (Phi) is 6.19. The van der Waals surface area contributed by atoms with Gasteiger partial charge in [-0.25, -0.2) is 13.2 Å². The maximum absolute atomic E-state index is 12.5. The first kappa shape index (κ1) is 19.0. The Morgan fingerprint density at radius 3 is 2.76 bits per heavy atom. The summed E-state index contributed by atoms with van der Waals surface area (Å²) in [6.45, 7) is 6.06. The summed E-state index contributed by atoms with van der Waals surface area (Å²) in [5.41, 5.74) is 1.06. The minimum atomic E-state index is -3.85. The number of hydrogen-bond donors (Lipinski definition) is 2. The van der Waals surface area contributed by atoms with Crippen molar-refractivity contribution in [1.29, 1.82) is 0 Å². The van der Waals surface area contributed by atoms with E-state index in [0.717, 1.165) is 18.5 Å². The average molecular weight is 365 g/mol. The normalized spacial score (nSPS) is 12.6. The van der Waals surface area contributed by atoms with Gasteiger partial charge in [-0.05, 0) is 37.5 Å². The summed E-state index contributed by atoms with van der Waals surface area (Å²) >= 11 is 0. The Bertz CT molecular complexity index is 830. The fourth-order valence-electron chi connectivity index (χ4n) is 2.43. The van der Waals surface area contributed by atoms with Gasteiger partial charge in [-0.2, -0.15) is 5.10 Å². The Balaban J connectivity index is 2.19. The molecule has 2 aromatic rings. The second-order valence-corrected chi connectivity index (χ2v) is 7.43. The molecule has 25 heavy (non-hydrogen) atoms. The van der Waals surface area contributed by atoms with Gasteiger partial charge >= 0.3 is 5.97 Å². The predicted octanol–water partition coefficient (Wildman–Crippen LogP) is 3.29. The zero-order chi connectivity index (χ0) is 18.4. The Morgan fingerprint density at radius 1 is 1.32 bits per heavy atom. The lowest BCUT2D eigenvalue weighted by atomic mass is 10.0. The Hall–Kier alpha value is -2.35. The molecule has 1 atom stereocenters. The molecular weight excluding hydrogens is 342 g/mol. The molecule has 0 saturated carbocycles. The zero-order valence-electron chi connectivity index (χ0n) is 14.6. The number of ether oxygens (including phenoxy) is 1. The van der Waals surface area contributed by atoms with Crippen LogP contribution in [-0.4, -0.2) is 31.2 Å². The molecule has 1 unspecified atom stereocenters. The number of esters is 1. The minimum Gasteiger partial charge on any atom is -0.462 e. The number of carbonyl (C=O) groups is 1. The summed E-state index contributed by atoms with van der Waals surface area (Å²) in [6, 6.07) is 7.40. The number of hydrogen-bond acceptors (Lipinski definition) is 5. The fourth-order valence-corrected chi connectivity index (χ4v) is 3.47. The van der Waals surface area contributed by atoms with Gasteiger partial charge in [0.2, 0.25) is 0 Å². The highest BCUT2D eigenvalue weighted by Gasteiger charge is 2.19. The third kappa shape index (κ3) is 4.82. The maximum Gasteiger partial charge on any atom is 0.338 e. The van der Waals surface area contributed by atoms with Crippen molar-refractivity contribution in [2.24, 2.45) is 0 Å². The molecule has 0 amide bonds. The van der Waals surface area contributed by atoms with E-state index < -0.39 is 16.0 Å². The van der Waals surface area contributed by atoms with Crippen molar-refractivity contribution in [3.05, 3.63) is 41.6 Å². The van der Waals surface area contributed by atoms with Crippen molar-refractivity contribution in [1.82, 2.24) is 10.2 Å². The van der Waals surface area contributed by atoms with Crippen molar-refractivity contribution < 1.29 is 17.9 Å². The Labute approximate surface area is 147 Å². The first-order valence-electron chi connectivity index (χ1n) is 8.22. The number of nitrogens with zero attached hydrogens (tertiary/aromatic N) is 1. The van der Waals surface area contributed by atoms with Crippen LogP contribution in [0.2, 0.25) is 0 Å². The Morgan fingerprint density at radius 2 is 2.08 bits per heavy atom. The van der Waals surface area contributed by atoms with E-state index in [-0.39, 0.29) is 28.8 Å². The lowest BCUT2D eigenvalue weighted by molar-refractivity contribution is 0.0526. The quantitative estimate of drug-likeness (QED) is 0.699. The highest BCUT2D eigenvalue weighted by atomic mass is 32.2. The molecular formula is C17H23N3O4S. The number of nitrogens with one attached hydrogen (secondary N) is 2. The van der Waals surface area contributed by atoms with Crippen LogP contribution in [-0.2, 0) is 14.8 Å². The van der Waals surface area contributed by atoms with E-state index in [1.54, 1.807) is 13.0 Å². The molecule has 0 aliphatic heterocycles. The van der Waals surface area contributed by atoms with Crippen LogP contribution in [0.15, 0.2) is 35.2 Å². The van der Waals surface area contributed by atoms with E-state index in [4.69, 9.17) is 4.74 Å². The lowest BCUT2D eigenvalue weighted by Crippen LogP contribution is -2.14. The van der Waals surface area contributed by atoms with Crippen LogP contribution >= 0.6 is 0 Å². The van der Waals surface area contributed by atoms with E-state index in [1.807, 2.05) is 0 Å².